The van der Waals surface area contributed by atoms with Crippen LogP contribution in [0.4, 0.5) is 5.82 Å². The predicted octanol–water partition coefficient (Wildman–Crippen LogP) is 3.01. The molecule has 35 heavy (non-hydrogen) atoms. The minimum absolute atomic E-state index is 0.0188. The van der Waals surface area contributed by atoms with Crippen LogP contribution in [0.15, 0.2) is 18.7 Å². The molecule has 1 aromatic heterocycles. The van der Waals surface area contributed by atoms with E-state index in [9.17, 15) is 14.9 Å². The fourth-order valence-corrected chi connectivity index (χ4v) is 5.23. The maximum Gasteiger partial charge on any atom is 0.246 e. The van der Waals surface area contributed by atoms with Crippen molar-refractivity contribution in [3.05, 3.63) is 41.1 Å². The second-order valence-electron chi connectivity index (χ2n) is 9.69. The van der Waals surface area contributed by atoms with Crippen molar-refractivity contribution in [2.24, 2.45) is 0 Å². The lowest BCUT2D eigenvalue weighted by Crippen LogP contribution is -2.54. The van der Waals surface area contributed by atoms with Gasteiger partial charge in [0.1, 0.15) is 11.9 Å². The summed E-state index contributed by atoms with van der Waals surface area (Å²) in [5.74, 6) is 1.14. The van der Waals surface area contributed by atoms with Crippen molar-refractivity contribution in [2.45, 2.75) is 51.5 Å². The minimum Gasteiger partial charge on any atom is -0.384 e. The first-order valence-electron chi connectivity index (χ1n) is 12.5. The van der Waals surface area contributed by atoms with Crippen molar-refractivity contribution in [2.75, 3.05) is 51.3 Å². The first kappa shape index (κ1) is 24.9. The molecular formula is C27H35N5O3. The molecule has 0 spiro atoms. The summed E-state index contributed by atoms with van der Waals surface area (Å²) in [7, 11) is 1.60. The molecule has 3 aliphatic rings. The van der Waals surface area contributed by atoms with Gasteiger partial charge in [-0.3, -0.25) is 9.59 Å². The zero-order chi connectivity index (χ0) is 25.1. The predicted molar refractivity (Wildman–Crippen MR) is 135 cm³/mol. The molecule has 1 aliphatic carbocycles. The van der Waals surface area contributed by atoms with Gasteiger partial charge in [0.2, 0.25) is 11.8 Å². The van der Waals surface area contributed by atoms with E-state index in [-0.39, 0.29) is 17.9 Å². The molecule has 1 saturated carbocycles. The molecule has 1 aromatic rings. The molecule has 8 heteroatoms. The van der Waals surface area contributed by atoms with Gasteiger partial charge in [-0.05, 0) is 50.3 Å². The first-order valence-corrected chi connectivity index (χ1v) is 12.5. The van der Waals surface area contributed by atoms with Crippen molar-refractivity contribution in [1.29, 1.82) is 5.26 Å². The van der Waals surface area contributed by atoms with Gasteiger partial charge >= 0.3 is 0 Å². The van der Waals surface area contributed by atoms with E-state index in [1.54, 1.807) is 12.0 Å². The number of amides is 2. The molecule has 0 aromatic carbocycles. The zero-order valence-corrected chi connectivity index (χ0v) is 21.0. The van der Waals surface area contributed by atoms with Crippen molar-refractivity contribution >= 4 is 23.2 Å². The highest BCUT2D eigenvalue weighted by atomic mass is 16.5. The SMILES string of the molecule is C=CC(=O)N1CCC=C(c2c(C3CC3)nc(N3CCN(C(=O)CCOC)[C@H](C)C3)c(C#N)c2C)C1. The number of pyridine rings is 1. The van der Waals surface area contributed by atoms with Gasteiger partial charge in [-0.25, -0.2) is 4.98 Å². The van der Waals surface area contributed by atoms with Crippen LogP contribution in [0, 0.1) is 18.3 Å². The first-order chi connectivity index (χ1) is 16.9. The lowest BCUT2D eigenvalue weighted by Gasteiger charge is -2.41. The Balaban J connectivity index is 1.65. The zero-order valence-electron chi connectivity index (χ0n) is 21.0. The second kappa shape index (κ2) is 10.6. The number of nitriles is 1. The molecule has 2 aliphatic heterocycles. The summed E-state index contributed by atoms with van der Waals surface area (Å²) in [5, 5.41) is 10.2. The molecule has 0 radical (unpaired) electrons. The fraction of sp³-hybridized carbons (Fsp3) is 0.556. The molecule has 1 saturated heterocycles. The summed E-state index contributed by atoms with van der Waals surface area (Å²) in [6, 6.07) is 2.44. The second-order valence-corrected chi connectivity index (χ2v) is 9.69. The van der Waals surface area contributed by atoms with Crippen LogP contribution in [0.2, 0.25) is 0 Å². The van der Waals surface area contributed by atoms with Crippen molar-refractivity contribution in [1.82, 2.24) is 14.8 Å². The van der Waals surface area contributed by atoms with Gasteiger partial charge in [0.25, 0.3) is 0 Å². The Bertz CT molecular complexity index is 1090. The lowest BCUT2D eigenvalue weighted by molar-refractivity contribution is -0.134. The molecule has 8 nitrogen and oxygen atoms in total. The number of anilines is 1. The molecule has 2 fully saturated rings. The standard InChI is InChI=1S/C27H35N5O3/c1-5-23(33)30-11-6-7-21(17-30)25-19(3)22(15-28)27(29-26(25)20-8-9-20)31-12-13-32(18(2)16-31)24(34)10-14-35-4/h5,7,18,20H,1,6,8-14,16-17H2,2-4H3/t18-/m1/s1. The van der Waals surface area contributed by atoms with E-state index in [4.69, 9.17) is 9.72 Å². The number of aromatic nitrogens is 1. The molecule has 1 atom stereocenters. The maximum absolute atomic E-state index is 12.6. The number of carbonyl (C=O) groups excluding carboxylic acids is 2. The number of hydrogen-bond acceptors (Lipinski definition) is 6. The average Bonchev–Trinajstić information content (AvgIpc) is 3.71. The van der Waals surface area contributed by atoms with Crippen molar-refractivity contribution in [3.8, 4) is 6.07 Å². The van der Waals surface area contributed by atoms with Gasteiger partial charge in [-0.15, -0.1) is 0 Å². The summed E-state index contributed by atoms with van der Waals surface area (Å²) in [6.45, 7) is 11.2. The van der Waals surface area contributed by atoms with E-state index in [1.165, 1.54) is 6.08 Å². The number of ether oxygens (including phenoxy) is 1. The Kier molecular flexibility index (Phi) is 7.56. The Labute approximate surface area is 207 Å². The van der Waals surface area contributed by atoms with Crippen LogP contribution >= 0.6 is 0 Å². The van der Waals surface area contributed by atoms with Crippen LogP contribution in [0.1, 0.15) is 60.9 Å². The Morgan fingerprint density at radius 1 is 1.31 bits per heavy atom. The van der Waals surface area contributed by atoms with Gasteiger partial charge < -0.3 is 19.4 Å². The molecule has 186 valence electrons. The smallest absolute Gasteiger partial charge is 0.246 e. The highest BCUT2D eigenvalue weighted by Crippen LogP contribution is 2.45. The fourth-order valence-electron chi connectivity index (χ4n) is 5.23. The van der Waals surface area contributed by atoms with Gasteiger partial charge in [-0.2, -0.15) is 5.26 Å². The van der Waals surface area contributed by atoms with E-state index < -0.39 is 0 Å². The lowest BCUT2D eigenvalue weighted by atomic mass is 9.91. The average molecular weight is 478 g/mol. The number of rotatable bonds is 7. The molecular weight excluding hydrogens is 442 g/mol. The van der Waals surface area contributed by atoms with Gasteiger partial charge in [0, 0.05) is 57.4 Å². The normalized spacial score (nSPS) is 20.3. The molecule has 4 rings (SSSR count). The van der Waals surface area contributed by atoms with E-state index in [0.29, 0.717) is 57.2 Å². The van der Waals surface area contributed by atoms with Gasteiger partial charge in [-0.1, -0.05) is 12.7 Å². The molecule has 0 bridgehead atoms. The third kappa shape index (κ3) is 5.10. The molecule has 0 N–H and O–H groups in total. The molecule has 2 amide bonds. The summed E-state index contributed by atoms with van der Waals surface area (Å²) in [5.41, 5.74) is 4.68. The summed E-state index contributed by atoms with van der Waals surface area (Å²) >= 11 is 0. The quantitative estimate of drug-likeness (QED) is 0.561. The summed E-state index contributed by atoms with van der Waals surface area (Å²) in [4.78, 5) is 35.8. The van der Waals surface area contributed by atoms with Crippen LogP contribution in [-0.2, 0) is 14.3 Å². The van der Waals surface area contributed by atoms with E-state index >= 15 is 0 Å². The van der Waals surface area contributed by atoms with Crippen LogP contribution in [0.25, 0.3) is 5.57 Å². The number of hydrogen-bond donors (Lipinski definition) is 0. The maximum atomic E-state index is 12.6. The van der Waals surface area contributed by atoms with E-state index in [0.717, 1.165) is 47.5 Å². The molecule has 0 unspecified atom stereocenters. The Hall–Kier alpha value is -3.18. The van der Waals surface area contributed by atoms with Crippen LogP contribution in [0.3, 0.4) is 0 Å². The van der Waals surface area contributed by atoms with Crippen LogP contribution in [-0.4, -0.2) is 79.1 Å². The van der Waals surface area contributed by atoms with Crippen LogP contribution in [0.5, 0.6) is 0 Å². The number of carbonyl (C=O) groups is 2. The van der Waals surface area contributed by atoms with Crippen molar-refractivity contribution < 1.29 is 14.3 Å². The Morgan fingerprint density at radius 3 is 2.71 bits per heavy atom. The highest BCUT2D eigenvalue weighted by molar-refractivity contribution is 5.89. The number of methoxy groups -OCH3 is 1. The minimum atomic E-state index is -0.0711. The summed E-state index contributed by atoms with van der Waals surface area (Å²) < 4.78 is 5.07. The number of nitrogens with zero attached hydrogens (tertiary/aromatic N) is 5. The van der Waals surface area contributed by atoms with Gasteiger partial charge in [0.05, 0.1) is 24.3 Å². The monoisotopic (exact) mass is 477 g/mol. The van der Waals surface area contributed by atoms with Crippen LogP contribution < -0.4 is 4.90 Å². The Morgan fingerprint density at radius 2 is 2.09 bits per heavy atom. The number of piperazine rings is 1. The van der Waals surface area contributed by atoms with Gasteiger partial charge in [0.15, 0.2) is 0 Å². The van der Waals surface area contributed by atoms with Crippen molar-refractivity contribution in [3.63, 3.8) is 0 Å². The third-order valence-electron chi connectivity index (χ3n) is 7.26. The highest BCUT2D eigenvalue weighted by Gasteiger charge is 2.35. The third-order valence-corrected chi connectivity index (χ3v) is 7.26. The van der Waals surface area contributed by atoms with E-state index in [1.807, 2.05) is 18.7 Å². The summed E-state index contributed by atoms with van der Waals surface area (Å²) in [6.07, 6.45) is 6.88. The van der Waals surface area contributed by atoms with E-state index in [2.05, 4.69) is 23.6 Å². The topological polar surface area (TPSA) is 89.8 Å². The largest absolute Gasteiger partial charge is 0.384 e. The molecule has 3 heterocycles.